The SMILES string of the molecule is CCOC(=O)CCC(=O)CS(=O)(=O)c1cc(F)ccc1F. The molecule has 1 aromatic carbocycles. The van der Waals surface area contributed by atoms with Gasteiger partial charge >= 0.3 is 5.97 Å². The maximum atomic E-state index is 13.4. The fourth-order valence-corrected chi connectivity index (χ4v) is 2.93. The topological polar surface area (TPSA) is 77.5 Å². The highest BCUT2D eigenvalue weighted by Gasteiger charge is 2.24. The van der Waals surface area contributed by atoms with E-state index in [-0.39, 0.29) is 19.4 Å². The van der Waals surface area contributed by atoms with Gasteiger partial charge in [-0.05, 0) is 25.1 Å². The van der Waals surface area contributed by atoms with Crippen molar-refractivity contribution in [2.24, 2.45) is 0 Å². The number of carbonyl (C=O) groups excluding carboxylic acids is 2. The smallest absolute Gasteiger partial charge is 0.306 e. The minimum atomic E-state index is -4.29. The lowest BCUT2D eigenvalue weighted by Crippen LogP contribution is -2.18. The molecule has 0 heterocycles. The monoisotopic (exact) mass is 320 g/mol. The van der Waals surface area contributed by atoms with Gasteiger partial charge in [0.25, 0.3) is 0 Å². The maximum Gasteiger partial charge on any atom is 0.306 e. The number of benzene rings is 1. The van der Waals surface area contributed by atoms with Crippen LogP contribution in [0.4, 0.5) is 8.78 Å². The molecular formula is C13H14F2O5S. The summed E-state index contributed by atoms with van der Waals surface area (Å²) in [5.74, 6) is -4.44. The first-order valence-corrected chi connectivity index (χ1v) is 7.76. The van der Waals surface area contributed by atoms with Crippen LogP contribution in [0, 0.1) is 11.6 Å². The zero-order chi connectivity index (χ0) is 16.0. The lowest BCUT2D eigenvalue weighted by Gasteiger charge is -2.05. The zero-order valence-corrected chi connectivity index (χ0v) is 12.1. The molecule has 0 saturated carbocycles. The Bertz CT molecular complexity index is 640. The Morgan fingerprint density at radius 3 is 2.48 bits per heavy atom. The molecule has 0 unspecified atom stereocenters. The minimum absolute atomic E-state index is 0.153. The fraction of sp³-hybridized carbons (Fsp3) is 0.385. The van der Waals surface area contributed by atoms with Gasteiger partial charge in [0, 0.05) is 6.42 Å². The highest BCUT2D eigenvalue weighted by molar-refractivity contribution is 7.92. The van der Waals surface area contributed by atoms with E-state index < -0.39 is 43.9 Å². The lowest BCUT2D eigenvalue weighted by molar-refractivity contribution is -0.144. The van der Waals surface area contributed by atoms with E-state index in [0.29, 0.717) is 12.1 Å². The molecule has 0 aliphatic rings. The van der Waals surface area contributed by atoms with E-state index in [1.54, 1.807) is 6.92 Å². The third-order valence-corrected chi connectivity index (χ3v) is 4.18. The summed E-state index contributed by atoms with van der Waals surface area (Å²) < 4.78 is 54.7. The number of hydrogen-bond donors (Lipinski definition) is 0. The van der Waals surface area contributed by atoms with Gasteiger partial charge in [0.05, 0.1) is 13.0 Å². The Kier molecular flexibility index (Phi) is 5.95. The molecule has 116 valence electrons. The van der Waals surface area contributed by atoms with Gasteiger partial charge in [-0.15, -0.1) is 0 Å². The summed E-state index contributed by atoms with van der Waals surface area (Å²) in [5, 5.41) is 0. The van der Waals surface area contributed by atoms with Gasteiger partial charge in [-0.3, -0.25) is 9.59 Å². The van der Waals surface area contributed by atoms with Crippen LogP contribution in [0.3, 0.4) is 0 Å². The standard InChI is InChI=1S/C13H14F2O5S/c1-2-20-13(17)6-4-10(16)8-21(18,19)12-7-9(14)3-5-11(12)15/h3,5,7H,2,4,6,8H2,1H3. The van der Waals surface area contributed by atoms with Crippen LogP contribution in [0.1, 0.15) is 19.8 Å². The number of Topliss-reactive ketones (excluding diaryl/α,β-unsaturated/α-hetero) is 1. The molecule has 5 nitrogen and oxygen atoms in total. The van der Waals surface area contributed by atoms with Gasteiger partial charge in [0.1, 0.15) is 28.1 Å². The van der Waals surface area contributed by atoms with E-state index in [1.807, 2.05) is 0 Å². The minimum Gasteiger partial charge on any atom is -0.466 e. The third kappa shape index (κ3) is 5.22. The van der Waals surface area contributed by atoms with Crippen LogP contribution in [0.15, 0.2) is 23.1 Å². The summed E-state index contributed by atoms with van der Waals surface area (Å²) in [6.45, 7) is 1.75. The Balaban J connectivity index is 2.74. The van der Waals surface area contributed by atoms with Crippen molar-refractivity contribution in [2.75, 3.05) is 12.4 Å². The van der Waals surface area contributed by atoms with Crippen molar-refractivity contribution in [3.05, 3.63) is 29.8 Å². The molecule has 8 heteroatoms. The van der Waals surface area contributed by atoms with Crippen molar-refractivity contribution in [1.29, 1.82) is 0 Å². The molecule has 0 aliphatic carbocycles. The van der Waals surface area contributed by atoms with Crippen LogP contribution in [0.25, 0.3) is 0 Å². The lowest BCUT2D eigenvalue weighted by atomic mass is 10.2. The van der Waals surface area contributed by atoms with Gasteiger partial charge in [-0.25, -0.2) is 17.2 Å². The second kappa shape index (κ2) is 7.26. The third-order valence-electron chi connectivity index (χ3n) is 2.49. The summed E-state index contributed by atoms with van der Waals surface area (Å²) in [7, 11) is -4.29. The number of ketones is 1. The van der Waals surface area contributed by atoms with Crippen molar-refractivity contribution < 1.29 is 31.5 Å². The summed E-state index contributed by atoms with van der Waals surface area (Å²) in [6.07, 6.45) is -0.594. The molecule has 1 rings (SSSR count). The van der Waals surface area contributed by atoms with Crippen LogP contribution in [0.5, 0.6) is 0 Å². The van der Waals surface area contributed by atoms with Gasteiger partial charge in [0.2, 0.25) is 0 Å². The van der Waals surface area contributed by atoms with E-state index >= 15 is 0 Å². The molecule has 1 aromatic rings. The molecule has 0 atom stereocenters. The number of carbonyl (C=O) groups is 2. The number of halogens is 2. The van der Waals surface area contributed by atoms with Crippen LogP contribution in [-0.4, -0.2) is 32.5 Å². The fourth-order valence-electron chi connectivity index (χ4n) is 1.55. The molecule has 0 aromatic heterocycles. The van der Waals surface area contributed by atoms with Crippen molar-refractivity contribution in [2.45, 2.75) is 24.7 Å². The molecular weight excluding hydrogens is 306 g/mol. The number of sulfone groups is 1. The molecule has 0 spiro atoms. The van der Waals surface area contributed by atoms with Crippen LogP contribution in [0.2, 0.25) is 0 Å². The Morgan fingerprint density at radius 1 is 1.19 bits per heavy atom. The van der Waals surface area contributed by atoms with Crippen molar-refractivity contribution in [3.8, 4) is 0 Å². The predicted octanol–water partition coefficient (Wildman–Crippen LogP) is 1.65. The number of rotatable bonds is 7. The Labute approximate surface area is 120 Å². The summed E-state index contributed by atoms with van der Waals surface area (Å²) in [5.41, 5.74) is 0. The molecule has 0 amide bonds. The normalized spacial score (nSPS) is 11.2. The Morgan fingerprint density at radius 2 is 1.86 bits per heavy atom. The first-order chi connectivity index (χ1) is 9.76. The van der Waals surface area contributed by atoms with Gasteiger partial charge in [0.15, 0.2) is 9.84 Å². The highest BCUT2D eigenvalue weighted by atomic mass is 32.2. The summed E-state index contributed by atoms with van der Waals surface area (Å²) in [4.78, 5) is 21.7. The quantitative estimate of drug-likeness (QED) is 0.714. The summed E-state index contributed by atoms with van der Waals surface area (Å²) in [6, 6.07) is 1.96. The van der Waals surface area contributed by atoms with Crippen LogP contribution >= 0.6 is 0 Å². The first kappa shape index (κ1) is 17.2. The second-order valence-corrected chi connectivity index (χ2v) is 6.14. The van der Waals surface area contributed by atoms with Gasteiger partial charge in [-0.2, -0.15) is 0 Å². The maximum absolute atomic E-state index is 13.4. The van der Waals surface area contributed by atoms with E-state index in [2.05, 4.69) is 4.74 Å². The van der Waals surface area contributed by atoms with Crippen molar-refractivity contribution >= 4 is 21.6 Å². The summed E-state index contributed by atoms with van der Waals surface area (Å²) >= 11 is 0. The molecule has 0 saturated heterocycles. The molecule has 0 radical (unpaired) electrons. The predicted molar refractivity (Wildman–Crippen MR) is 69.3 cm³/mol. The van der Waals surface area contributed by atoms with Crippen molar-refractivity contribution in [3.63, 3.8) is 0 Å². The van der Waals surface area contributed by atoms with Crippen LogP contribution < -0.4 is 0 Å². The largest absolute Gasteiger partial charge is 0.466 e. The van der Waals surface area contributed by atoms with Gasteiger partial charge in [-0.1, -0.05) is 0 Å². The second-order valence-electron chi connectivity index (χ2n) is 4.18. The first-order valence-electron chi connectivity index (χ1n) is 6.11. The number of hydrogen-bond acceptors (Lipinski definition) is 5. The molecule has 21 heavy (non-hydrogen) atoms. The van der Waals surface area contributed by atoms with E-state index in [0.717, 1.165) is 6.07 Å². The number of ether oxygens (including phenoxy) is 1. The number of esters is 1. The molecule has 0 aliphatic heterocycles. The molecule has 0 bridgehead atoms. The molecule has 0 N–H and O–H groups in total. The average molecular weight is 320 g/mol. The highest BCUT2D eigenvalue weighted by Crippen LogP contribution is 2.18. The van der Waals surface area contributed by atoms with Crippen LogP contribution in [-0.2, 0) is 24.2 Å². The Hall–Kier alpha value is -1.83. The average Bonchev–Trinajstić information content (AvgIpc) is 2.39. The van der Waals surface area contributed by atoms with Crippen molar-refractivity contribution in [1.82, 2.24) is 0 Å². The van der Waals surface area contributed by atoms with E-state index in [9.17, 15) is 26.8 Å². The van der Waals surface area contributed by atoms with E-state index in [4.69, 9.17) is 0 Å². The molecule has 0 fully saturated rings. The van der Waals surface area contributed by atoms with Gasteiger partial charge < -0.3 is 4.74 Å². The van der Waals surface area contributed by atoms with E-state index in [1.165, 1.54) is 0 Å². The zero-order valence-electron chi connectivity index (χ0n) is 11.3.